The molecule has 3 rings (SSSR count). The van der Waals surface area contributed by atoms with Gasteiger partial charge >= 0.3 is 0 Å². The molecule has 1 amide bonds. The van der Waals surface area contributed by atoms with Crippen LogP contribution in [0.4, 0.5) is 5.82 Å². The molecule has 8 heteroatoms. The maximum absolute atomic E-state index is 13.4. The Balaban J connectivity index is 0.00000274. The molecule has 2 aromatic rings. The van der Waals surface area contributed by atoms with Crippen molar-refractivity contribution in [1.29, 1.82) is 0 Å². The van der Waals surface area contributed by atoms with Crippen LogP contribution < -0.4 is 20.7 Å². The third-order valence-electron chi connectivity index (χ3n) is 5.71. The van der Waals surface area contributed by atoms with Crippen molar-refractivity contribution in [3.05, 3.63) is 102 Å². The molecule has 0 saturated heterocycles. The van der Waals surface area contributed by atoms with E-state index < -0.39 is 0 Å². The first-order chi connectivity index (χ1) is 19.6. The zero-order valence-corrected chi connectivity index (χ0v) is 24.4. The minimum absolute atomic E-state index is 0.227. The van der Waals surface area contributed by atoms with Crippen LogP contribution >= 0.6 is 0 Å². The zero-order valence-electron chi connectivity index (χ0n) is 24.4. The van der Waals surface area contributed by atoms with E-state index in [-0.39, 0.29) is 5.91 Å². The molecule has 3 N–H and O–H groups in total. The van der Waals surface area contributed by atoms with Crippen molar-refractivity contribution in [2.24, 2.45) is 0 Å². The van der Waals surface area contributed by atoms with Gasteiger partial charge in [-0.2, -0.15) is 5.10 Å². The number of carbonyl (C=O) groups is 1. The monoisotopic (exact) mass is 547 g/mol. The number of aromatic nitrogens is 2. The number of amides is 1. The van der Waals surface area contributed by atoms with Gasteiger partial charge in [0.25, 0.3) is 5.91 Å². The molecule has 0 unspecified atom stereocenters. The molecule has 216 valence electrons. The van der Waals surface area contributed by atoms with Crippen LogP contribution in [0.15, 0.2) is 91.1 Å². The summed E-state index contributed by atoms with van der Waals surface area (Å²) in [5.74, 6) is 1.83. The lowest BCUT2D eigenvalue weighted by Crippen LogP contribution is -2.22. The fourth-order valence-corrected chi connectivity index (χ4v) is 3.73. The molecule has 0 atom stereocenters. The number of aryl methyl sites for hydroxylation is 1. The largest absolute Gasteiger partial charge is 0.500 e. The van der Waals surface area contributed by atoms with Gasteiger partial charge in [0, 0.05) is 38.7 Å². The van der Waals surface area contributed by atoms with Crippen LogP contribution in [0.2, 0.25) is 0 Å². The SMILES string of the molecule is C=C(/C=C/OCCNC)CCn1nc2c(c1NC/C=C\CC)C(=O)N/C=C(/Oc1ccccc1)C/C=C\C2.CC. The van der Waals surface area contributed by atoms with Crippen LogP contribution in [0, 0.1) is 0 Å². The van der Waals surface area contributed by atoms with E-state index in [1.165, 1.54) is 0 Å². The summed E-state index contributed by atoms with van der Waals surface area (Å²) in [6.07, 6.45) is 16.1. The zero-order chi connectivity index (χ0) is 29.0. The Labute approximate surface area is 239 Å². The molecule has 8 nitrogen and oxygen atoms in total. The number of ether oxygens (including phenoxy) is 2. The van der Waals surface area contributed by atoms with E-state index in [0.29, 0.717) is 56.1 Å². The van der Waals surface area contributed by atoms with E-state index in [1.54, 1.807) is 12.5 Å². The second-order valence-electron chi connectivity index (χ2n) is 8.72. The Morgan fingerprint density at radius 2 is 1.95 bits per heavy atom. The van der Waals surface area contributed by atoms with Crippen LogP contribution in [-0.4, -0.2) is 42.4 Å². The van der Waals surface area contributed by atoms with Crippen molar-refractivity contribution >= 4 is 11.7 Å². The number of anilines is 1. The van der Waals surface area contributed by atoms with Gasteiger partial charge in [-0.05, 0) is 38.1 Å². The first kappa shape index (κ1) is 32.2. The molecule has 1 aliphatic rings. The number of carbonyl (C=O) groups excluding carboxylic acids is 1. The fraction of sp³-hybridized carbons (Fsp3) is 0.375. The molecule has 0 spiro atoms. The number of benzene rings is 1. The van der Waals surface area contributed by atoms with Crippen LogP contribution in [0.25, 0.3) is 0 Å². The maximum atomic E-state index is 13.4. The van der Waals surface area contributed by atoms with Crippen LogP contribution in [0.5, 0.6) is 5.75 Å². The van der Waals surface area contributed by atoms with Gasteiger partial charge in [0.05, 0.1) is 18.6 Å². The maximum Gasteiger partial charge on any atom is 0.260 e. The number of hydrogen-bond donors (Lipinski definition) is 3. The highest BCUT2D eigenvalue weighted by Crippen LogP contribution is 2.24. The number of nitrogens with zero attached hydrogens (tertiary/aromatic N) is 2. The molecule has 0 bridgehead atoms. The van der Waals surface area contributed by atoms with Gasteiger partial charge in [0.2, 0.25) is 0 Å². The highest BCUT2D eigenvalue weighted by atomic mass is 16.5. The van der Waals surface area contributed by atoms with Gasteiger partial charge in [0.15, 0.2) is 0 Å². The number of likely N-dealkylation sites (N-methyl/N-ethyl adjacent to an activating group) is 1. The molecule has 1 aliphatic heterocycles. The van der Waals surface area contributed by atoms with E-state index in [9.17, 15) is 4.79 Å². The molecule has 0 fully saturated rings. The average molecular weight is 548 g/mol. The molecular formula is C32H45N5O3. The standard InChI is InChI=1S/C30H39N5O3.C2H6/c1-4-5-11-18-32-29-28-27(34-35(29)20-16-24(2)17-21-37-22-19-31-3)15-10-9-14-26(23-33-30(28)36)38-25-12-7-6-8-13-25;1-2/h5-13,17,21,23,31-32H,2,4,14-16,18-20,22H2,1,3H3,(H,33,36);1-2H3/b10-9-,11-5-,21-17+,26-23+;. The van der Waals surface area contributed by atoms with E-state index >= 15 is 0 Å². The van der Waals surface area contributed by atoms with Gasteiger partial charge in [-0.1, -0.05) is 75.4 Å². The summed E-state index contributed by atoms with van der Waals surface area (Å²) in [5.41, 5.74) is 2.17. The molecule has 1 aromatic heterocycles. The lowest BCUT2D eigenvalue weighted by molar-refractivity contribution is 0.0968. The third kappa shape index (κ3) is 11.0. The summed E-state index contributed by atoms with van der Waals surface area (Å²) in [6, 6.07) is 9.53. The van der Waals surface area contributed by atoms with E-state index in [0.717, 1.165) is 30.0 Å². The van der Waals surface area contributed by atoms with Crippen molar-refractivity contribution in [3.8, 4) is 5.75 Å². The quantitative estimate of drug-likeness (QED) is 0.114. The Morgan fingerprint density at radius 3 is 2.70 bits per heavy atom. The molecular weight excluding hydrogens is 502 g/mol. The van der Waals surface area contributed by atoms with Crippen molar-refractivity contribution in [2.45, 2.75) is 53.0 Å². The van der Waals surface area contributed by atoms with Crippen LogP contribution in [0.3, 0.4) is 0 Å². The number of para-hydroxylation sites is 1. The van der Waals surface area contributed by atoms with E-state index in [4.69, 9.17) is 14.6 Å². The molecule has 1 aromatic carbocycles. The van der Waals surface area contributed by atoms with Crippen molar-refractivity contribution in [2.75, 3.05) is 32.1 Å². The third-order valence-corrected chi connectivity index (χ3v) is 5.71. The number of rotatable bonds is 14. The highest BCUT2D eigenvalue weighted by Gasteiger charge is 2.23. The fourth-order valence-electron chi connectivity index (χ4n) is 3.73. The normalized spacial score (nSPS) is 15.3. The lowest BCUT2D eigenvalue weighted by atomic mass is 10.1. The summed E-state index contributed by atoms with van der Waals surface area (Å²) in [5, 5.41) is 14.2. The number of hydrogen-bond acceptors (Lipinski definition) is 6. The summed E-state index contributed by atoms with van der Waals surface area (Å²) >= 11 is 0. The minimum Gasteiger partial charge on any atom is -0.500 e. The number of allylic oxidation sites excluding steroid dienone is 5. The molecule has 2 heterocycles. The minimum atomic E-state index is -0.227. The second-order valence-corrected chi connectivity index (χ2v) is 8.72. The first-order valence-electron chi connectivity index (χ1n) is 14.1. The predicted octanol–water partition coefficient (Wildman–Crippen LogP) is 6.14. The topological polar surface area (TPSA) is 89.4 Å². The molecule has 40 heavy (non-hydrogen) atoms. The second kappa shape index (κ2) is 19.1. The van der Waals surface area contributed by atoms with E-state index in [1.807, 2.05) is 74.1 Å². The van der Waals surface area contributed by atoms with Gasteiger partial charge < -0.3 is 25.4 Å². The Bertz CT molecular complexity index is 1160. The average Bonchev–Trinajstić information content (AvgIpc) is 3.33. The van der Waals surface area contributed by atoms with Gasteiger partial charge in [-0.15, -0.1) is 0 Å². The first-order valence-corrected chi connectivity index (χ1v) is 14.1. The van der Waals surface area contributed by atoms with Gasteiger partial charge in [-0.3, -0.25) is 4.79 Å². The Hall–Kier alpha value is -4.04. The van der Waals surface area contributed by atoms with Crippen molar-refractivity contribution < 1.29 is 14.3 Å². The Kier molecular flexibility index (Phi) is 15.4. The summed E-state index contributed by atoms with van der Waals surface area (Å²) in [7, 11) is 1.89. The van der Waals surface area contributed by atoms with Gasteiger partial charge in [0.1, 0.15) is 22.9 Å². The highest BCUT2D eigenvalue weighted by molar-refractivity contribution is 6.00. The summed E-state index contributed by atoms with van der Waals surface area (Å²) < 4.78 is 13.3. The van der Waals surface area contributed by atoms with Crippen molar-refractivity contribution in [1.82, 2.24) is 20.4 Å². The van der Waals surface area contributed by atoms with Crippen LogP contribution in [0.1, 0.15) is 56.1 Å². The summed E-state index contributed by atoms with van der Waals surface area (Å²) in [4.78, 5) is 13.4. The Morgan fingerprint density at radius 1 is 1.18 bits per heavy atom. The smallest absolute Gasteiger partial charge is 0.260 e. The van der Waals surface area contributed by atoms with Gasteiger partial charge in [-0.25, -0.2) is 4.68 Å². The molecule has 0 aliphatic carbocycles. The summed E-state index contributed by atoms with van der Waals surface area (Å²) in [6.45, 7) is 12.8. The number of nitrogens with one attached hydrogen (secondary N) is 3. The predicted molar refractivity (Wildman–Crippen MR) is 164 cm³/mol. The van der Waals surface area contributed by atoms with Crippen LogP contribution in [-0.2, 0) is 17.7 Å². The lowest BCUT2D eigenvalue weighted by Gasteiger charge is -2.12. The van der Waals surface area contributed by atoms with E-state index in [2.05, 4.69) is 41.6 Å². The molecule has 0 radical (unpaired) electrons. The van der Waals surface area contributed by atoms with Crippen molar-refractivity contribution in [3.63, 3.8) is 0 Å². The molecule has 0 saturated carbocycles. The number of fused-ring (bicyclic) bond motifs is 1.